The summed E-state index contributed by atoms with van der Waals surface area (Å²) in [6.45, 7) is 6.52. The number of phenols is 1. The van der Waals surface area contributed by atoms with Crippen LogP contribution >= 0.6 is 11.3 Å². The maximum Gasteiger partial charge on any atom is 0.206 e. The first-order valence-electron chi connectivity index (χ1n) is 8.09. The second-order valence-corrected chi connectivity index (χ2v) is 6.03. The highest BCUT2D eigenvalue weighted by atomic mass is 32.1. The topological polar surface area (TPSA) is 72.2 Å². The highest BCUT2D eigenvalue weighted by Gasteiger charge is 2.10. The van der Waals surface area contributed by atoms with Crippen LogP contribution in [0.3, 0.4) is 0 Å². The number of furan rings is 1. The van der Waals surface area contributed by atoms with Crippen molar-refractivity contribution in [1.29, 1.82) is 0 Å². The van der Waals surface area contributed by atoms with E-state index < -0.39 is 0 Å². The number of para-hydroxylation sites is 1. The summed E-state index contributed by atoms with van der Waals surface area (Å²) in [4.78, 5) is 5.16. The van der Waals surface area contributed by atoms with Gasteiger partial charge in [0.15, 0.2) is 17.3 Å². The first-order valence-corrected chi connectivity index (χ1v) is 8.97. The van der Waals surface area contributed by atoms with Gasteiger partial charge >= 0.3 is 0 Å². The molecule has 3 aromatic rings. The first-order chi connectivity index (χ1) is 12.7. The number of benzene rings is 1. The fourth-order valence-electron chi connectivity index (χ4n) is 2.29. The molecule has 0 unspecified atom stereocenters. The molecule has 0 fully saturated rings. The highest BCUT2D eigenvalue weighted by molar-refractivity contribution is 7.07. The fraction of sp³-hybridized carbons (Fsp3) is 0.158. The smallest absolute Gasteiger partial charge is 0.206 e. The van der Waals surface area contributed by atoms with Gasteiger partial charge in [0, 0.05) is 10.9 Å². The minimum absolute atomic E-state index is 0.0538. The number of hydrogen-bond acceptors (Lipinski definition) is 6. The van der Waals surface area contributed by atoms with Gasteiger partial charge in [-0.2, -0.15) is 5.10 Å². The van der Waals surface area contributed by atoms with E-state index in [1.165, 1.54) is 11.3 Å². The molecule has 0 atom stereocenters. The SMILES string of the molecule is C=CCN=c1scc(-c2ccco2)n1N=Cc1cccc(OCC)c1O. The number of thiazole rings is 1. The summed E-state index contributed by atoms with van der Waals surface area (Å²) < 4.78 is 12.6. The molecule has 0 saturated heterocycles. The van der Waals surface area contributed by atoms with E-state index in [-0.39, 0.29) is 5.75 Å². The predicted octanol–water partition coefficient (Wildman–Crippen LogP) is 3.88. The van der Waals surface area contributed by atoms with Gasteiger partial charge in [0.25, 0.3) is 0 Å². The van der Waals surface area contributed by atoms with Crippen molar-refractivity contribution in [2.45, 2.75) is 6.92 Å². The van der Waals surface area contributed by atoms with Crippen molar-refractivity contribution in [3.8, 4) is 23.0 Å². The molecule has 3 rings (SSSR count). The Labute approximate surface area is 155 Å². The van der Waals surface area contributed by atoms with Gasteiger partial charge in [-0.15, -0.1) is 17.9 Å². The number of ether oxygens (including phenoxy) is 1. The Bertz CT molecular complexity index is 968. The third kappa shape index (κ3) is 3.78. The molecule has 0 radical (unpaired) electrons. The van der Waals surface area contributed by atoms with Crippen LogP contribution in [0.25, 0.3) is 11.5 Å². The first kappa shape index (κ1) is 17.8. The van der Waals surface area contributed by atoms with Gasteiger partial charge in [0.1, 0.15) is 5.69 Å². The second-order valence-electron chi connectivity index (χ2n) is 5.19. The van der Waals surface area contributed by atoms with E-state index in [2.05, 4.69) is 16.7 Å². The largest absolute Gasteiger partial charge is 0.504 e. The van der Waals surface area contributed by atoms with Crippen molar-refractivity contribution in [2.75, 3.05) is 13.2 Å². The number of aromatic hydroxyl groups is 1. The highest BCUT2D eigenvalue weighted by Crippen LogP contribution is 2.28. The molecule has 134 valence electrons. The summed E-state index contributed by atoms with van der Waals surface area (Å²) in [5.41, 5.74) is 1.33. The Morgan fingerprint density at radius 3 is 2.96 bits per heavy atom. The third-order valence-corrected chi connectivity index (χ3v) is 4.31. The van der Waals surface area contributed by atoms with Crippen LogP contribution in [0.2, 0.25) is 0 Å². The summed E-state index contributed by atoms with van der Waals surface area (Å²) in [6.07, 6.45) is 4.90. The maximum atomic E-state index is 10.3. The van der Waals surface area contributed by atoms with Crippen LogP contribution in [0, 0.1) is 0 Å². The van der Waals surface area contributed by atoms with E-state index in [1.54, 1.807) is 41.4 Å². The van der Waals surface area contributed by atoms with Crippen LogP contribution in [0.1, 0.15) is 12.5 Å². The zero-order valence-electron chi connectivity index (χ0n) is 14.3. The maximum absolute atomic E-state index is 10.3. The molecular formula is C19H19N3O3S. The molecule has 6 nitrogen and oxygen atoms in total. The number of phenolic OH excluding ortho intramolecular Hbond substituents is 1. The molecule has 0 amide bonds. The lowest BCUT2D eigenvalue weighted by Crippen LogP contribution is -2.12. The van der Waals surface area contributed by atoms with Gasteiger partial charge in [-0.25, -0.2) is 4.68 Å². The molecule has 7 heteroatoms. The molecule has 0 aliphatic heterocycles. The summed E-state index contributed by atoms with van der Waals surface area (Å²) >= 11 is 1.45. The van der Waals surface area contributed by atoms with Gasteiger partial charge in [-0.05, 0) is 31.2 Å². The fourth-order valence-corrected chi connectivity index (χ4v) is 3.12. The lowest BCUT2D eigenvalue weighted by molar-refractivity contribution is 0.318. The van der Waals surface area contributed by atoms with Crippen molar-refractivity contribution in [2.24, 2.45) is 10.1 Å². The van der Waals surface area contributed by atoms with E-state index in [1.807, 2.05) is 24.4 Å². The molecular weight excluding hydrogens is 350 g/mol. The van der Waals surface area contributed by atoms with Crippen molar-refractivity contribution >= 4 is 17.6 Å². The summed E-state index contributed by atoms with van der Waals surface area (Å²) in [7, 11) is 0. The Kier molecular flexibility index (Phi) is 5.70. The second kappa shape index (κ2) is 8.35. The molecule has 0 aliphatic rings. The predicted molar refractivity (Wildman–Crippen MR) is 103 cm³/mol. The lowest BCUT2D eigenvalue weighted by atomic mass is 10.2. The third-order valence-electron chi connectivity index (χ3n) is 3.46. The summed E-state index contributed by atoms with van der Waals surface area (Å²) in [5.74, 6) is 1.17. The minimum Gasteiger partial charge on any atom is -0.504 e. The van der Waals surface area contributed by atoms with E-state index >= 15 is 0 Å². The van der Waals surface area contributed by atoms with Gasteiger partial charge < -0.3 is 14.3 Å². The molecule has 26 heavy (non-hydrogen) atoms. The van der Waals surface area contributed by atoms with Crippen LogP contribution in [-0.2, 0) is 0 Å². The molecule has 1 aromatic carbocycles. The van der Waals surface area contributed by atoms with Gasteiger partial charge in [0.05, 0.1) is 25.6 Å². The van der Waals surface area contributed by atoms with Crippen LogP contribution in [0.15, 0.2) is 69.1 Å². The lowest BCUT2D eigenvalue weighted by Gasteiger charge is -2.07. The Morgan fingerprint density at radius 1 is 1.35 bits per heavy atom. The molecule has 2 aromatic heterocycles. The van der Waals surface area contributed by atoms with Crippen LogP contribution in [0.4, 0.5) is 0 Å². The number of nitrogens with zero attached hydrogens (tertiary/aromatic N) is 3. The van der Waals surface area contributed by atoms with Gasteiger partial charge in [0.2, 0.25) is 4.80 Å². The quantitative estimate of drug-likeness (QED) is 0.507. The van der Waals surface area contributed by atoms with Crippen molar-refractivity contribution in [3.63, 3.8) is 0 Å². The van der Waals surface area contributed by atoms with Crippen LogP contribution in [-0.4, -0.2) is 29.1 Å². The molecule has 1 N–H and O–H groups in total. The van der Waals surface area contributed by atoms with Crippen LogP contribution < -0.4 is 9.54 Å². The van der Waals surface area contributed by atoms with E-state index in [0.717, 1.165) is 5.69 Å². The summed E-state index contributed by atoms with van der Waals surface area (Å²) in [6, 6.07) is 8.97. The average Bonchev–Trinajstić information content (AvgIpc) is 3.30. The van der Waals surface area contributed by atoms with Crippen LogP contribution in [0.5, 0.6) is 11.5 Å². The number of aromatic nitrogens is 1. The van der Waals surface area contributed by atoms with Crippen molar-refractivity contribution < 1.29 is 14.3 Å². The molecule has 0 aliphatic carbocycles. The Hall–Kier alpha value is -3.06. The molecule has 2 heterocycles. The van der Waals surface area contributed by atoms with E-state index in [9.17, 15) is 5.11 Å². The monoisotopic (exact) mass is 369 g/mol. The van der Waals surface area contributed by atoms with Crippen molar-refractivity contribution in [3.05, 3.63) is 65.0 Å². The Morgan fingerprint density at radius 2 is 2.23 bits per heavy atom. The molecule has 0 saturated carbocycles. The Balaban J connectivity index is 2.04. The summed E-state index contributed by atoms with van der Waals surface area (Å²) in [5, 5.41) is 16.8. The zero-order chi connectivity index (χ0) is 18.4. The normalized spacial score (nSPS) is 12.0. The van der Waals surface area contributed by atoms with Crippen molar-refractivity contribution in [1.82, 2.24) is 4.68 Å². The molecule has 0 spiro atoms. The van der Waals surface area contributed by atoms with E-state index in [4.69, 9.17) is 9.15 Å². The standard InChI is InChI=1S/C19H19N3O3S/c1-3-10-20-19-22(15(13-26-19)16-9-6-11-25-16)21-12-14-7-5-8-17(18(14)23)24-4-2/h3,5-9,11-13,23H,1,4,10H2,2H3. The van der Waals surface area contributed by atoms with Gasteiger partial charge in [-0.1, -0.05) is 12.1 Å². The molecule has 0 bridgehead atoms. The number of hydrogen-bond donors (Lipinski definition) is 1. The zero-order valence-corrected chi connectivity index (χ0v) is 15.1. The average molecular weight is 369 g/mol. The van der Waals surface area contributed by atoms with Gasteiger partial charge in [-0.3, -0.25) is 4.99 Å². The van der Waals surface area contributed by atoms with E-state index in [0.29, 0.717) is 35.0 Å². The minimum atomic E-state index is 0.0538. The number of rotatable bonds is 7.